The number of hydrogen-bond donors (Lipinski definition) is 1. The van der Waals surface area contributed by atoms with Crippen molar-refractivity contribution in [2.75, 3.05) is 26.0 Å². The highest BCUT2D eigenvalue weighted by Gasteiger charge is 2.68. The Morgan fingerprint density at radius 2 is 1.92 bits per heavy atom. The van der Waals surface area contributed by atoms with Gasteiger partial charge in [0.05, 0.1) is 13.0 Å². The number of nitrogens with zero attached hydrogens (tertiary/aromatic N) is 2. The van der Waals surface area contributed by atoms with Crippen LogP contribution in [0, 0.1) is 10.1 Å². The molecule has 1 amide bonds. The van der Waals surface area contributed by atoms with Gasteiger partial charge in [0, 0.05) is 28.3 Å². The Kier molecular flexibility index (Phi) is 3.69. The minimum absolute atomic E-state index is 0.317. The molecule has 0 saturated carbocycles. The van der Waals surface area contributed by atoms with Crippen LogP contribution in [0.4, 0.5) is 5.69 Å². The second-order valence-electron chi connectivity index (χ2n) is 6.73. The molecule has 7 heteroatoms. The Morgan fingerprint density at radius 1 is 1.23 bits per heavy atom. The molecule has 1 spiro atoms. The van der Waals surface area contributed by atoms with Gasteiger partial charge in [-0.3, -0.25) is 19.8 Å². The van der Waals surface area contributed by atoms with Gasteiger partial charge < -0.3 is 10.1 Å². The third-order valence-electron chi connectivity index (χ3n) is 5.58. The van der Waals surface area contributed by atoms with Crippen LogP contribution < -0.4 is 10.1 Å². The van der Waals surface area contributed by atoms with E-state index in [9.17, 15) is 14.9 Å². The van der Waals surface area contributed by atoms with Crippen molar-refractivity contribution in [1.82, 2.24) is 4.90 Å². The van der Waals surface area contributed by atoms with Crippen LogP contribution in [0.2, 0.25) is 0 Å². The number of ether oxygens (including phenoxy) is 1. The molecule has 4 rings (SSSR count). The lowest BCUT2D eigenvalue weighted by atomic mass is 9.79. The van der Waals surface area contributed by atoms with E-state index in [1.54, 1.807) is 37.3 Å². The fourth-order valence-electron chi connectivity index (χ4n) is 4.53. The summed E-state index contributed by atoms with van der Waals surface area (Å²) in [6, 6.07) is 13.4. The summed E-state index contributed by atoms with van der Waals surface area (Å²) in [5.74, 6) is -0.218. The number of nitro groups is 1. The fourth-order valence-corrected chi connectivity index (χ4v) is 4.53. The molecule has 2 aromatic rings. The summed E-state index contributed by atoms with van der Waals surface area (Å²) >= 11 is 0. The minimum Gasteiger partial charge on any atom is -0.496 e. The maximum absolute atomic E-state index is 13.0. The lowest BCUT2D eigenvalue weighted by Gasteiger charge is -2.30. The zero-order valence-corrected chi connectivity index (χ0v) is 14.5. The molecule has 2 aliphatic rings. The van der Waals surface area contributed by atoms with E-state index in [0.29, 0.717) is 23.5 Å². The molecule has 2 heterocycles. The predicted octanol–water partition coefficient (Wildman–Crippen LogP) is 2.22. The lowest BCUT2D eigenvalue weighted by molar-refractivity contribution is -0.534. The molecule has 0 aliphatic carbocycles. The van der Waals surface area contributed by atoms with Crippen LogP contribution in [-0.2, 0) is 10.3 Å². The summed E-state index contributed by atoms with van der Waals surface area (Å²) < 4.78 is 5.43. The first kappa shape index (κ1) is 16.5. The van der Waals surface area contributed by atoms with Gasteiger partial charge in [0.2, 0.25) is 0 Å². The standard InChI is InChI=1S/C19H19N3O4/c1-21-11-13(12-7-3-6-10-16(12)26-2)17(22(24)25)19(21)14-8-4-5-9-15(14)20-18(19)23/h3-10,13,17H,11H2,1-2H3,(H,20,23)/t13-,17-,19-/m0/s1. The minimum atomic E-state index is -1.33. The molecule has 1 N–H and O–H groups in total. The van der Waals surface area contributed by atoms with Crippen LogP contribution in [0.5, 0.6) is 5.75 Å². The topological polar surface area (TPSA) is 84.7 Å². The Hall–Kier alpha value is -2.93. The average molecular weight is 353 g/mol. The molecule has 0 aromatic heterocycles. The van der Waals surface area contributed by atoms with Crippen molar-refractivity contribution in [3.63, 3.8) is 0 Å². The molecule has 3 atom stereocenters. The van der Waals surface area contributed by atoms with Gasteiger partial charge in [-0.05, 0) is 19.2 Å². The maximum Gasteiger partial charge on any atom is 0.256 e. The highest BCUT2D eigenvalue weighted by molar-refractivity contribution is 6.06. The average Bonchev–Trinajstić information content (AvgIpc) is 3.11. The second kappa shape index (κ2) is 5.81. The number of likely N-dealkylation sites (N-methyl/N-ethyl adjacent to an activating group) is 1. The van der Waals surface area contributed by atoms with Gasteiger partial charge in [-0.25, -0.2) is 0 Å². The molecular formula is C19H19N3O4. The number of rotatable bonds is 3. The number of anilines is 1. The van der Waals surface area contributed by atoms with Crippen LogP contribution in [0.25, 0.3) is 0 Å². The molecule has 0 bridgehead atoms. The van der Waals surface area contributed by atoms with Crippen molar-refractivity contribution < 1.29 is 14.5 Å². The van der Waals surface area contributed by atoms with E-state index in [4.69, 9.17) is 4.74 Å². The number of para-hydroxylation sites is 2. The van der Waals surface area contributed by atoms with E-state index in [0.717, 1.165) is 5.56 Å². The number of carbonyl (C=O) groups excluding carboxylic acids is 1. The summed E-state index contributed by atoms with van der Waals surface area (Å²) in [5, 5.41) is 15.0. The van der Waals surface area contributed by atoms with Crippen LogP contribution in [-0.4, -0.2) is 42.5 Å². The van der Waals surface area contributed by atoms with Crippen molar-refractivity contribution in [2.45, 2.75) is 17.5 Å². The maximum atomic E-state index is 13.0. The van der Waals surface area contributed by atoms with Gasteiger partial charge in [-0.1, -0.05) is 36.4 Å². The van der Waals surface area contributed by atoms with Crippen molar-refractivity contribution in [1.29, 1.82) is 0 Å². The molecule has 2 aromatic carbocycles. The van der Waals surface area contributed by atoms with E-state index in [1.165, 1.54) is 0 Å². The quantitative estimate of drug-likeness (QED) is 0.676. The first-order chi connectivity index (χ1) is 12.5. The van der Waals surface area contributed by atoms with E-state index in [2.05, 4.69) is 5.32 Å². The number of carbonyl (C=O) groups is 1. The summed E-state index contributed by atoms with van der Waals surface area (Å²) in [6.07, 6.45) is 0. The Bertz CT molecular complexity index is 900. The summed E-state index contributed by atoms with van der Waals surface area (Å²) in [5.41, 5.74) is 0.715. The van der Waals surface area contributed by atoms with E-state index >= 15 is 0 Å². The predicted molar refractivity (Wildman–Crippen MR) is 95.9 cm³/mol. The normalized spacial score (nSPS) is 27.4. The molecule has 1 fully saturated rings. The largest absolute Gasteiger partial charge is 0.496 e. The third kappa shape index (κ3) is 2.00. The van der Waals surface area contributed by atoms with Gasteiger partial charge in [-0.2, -0.15) is 0 Å². The second-order valence-corrected chi connectivity index (χ2v) is 6.73. The van der Waals surface area contributed by atoms with Crippen LogP contribution in [0.3, 0.4) is 0 Å². The van der Waals surface area contributed by atoms with Crippen molar-refractivity contribution in [3.05, 3.63) is 69.8 Å². The molecular weight excluding hydrogens is 334 g/mol. The number of amides is 1. The van der Waals surface area contributed by atoms with Crippen LogP contribution in [0.1, 0.15) is 17.0 Å². The van der Waals surface area contributed by atoms with Crippen molar-refractivity contribution >= 4 is 11.6 Å². The first-order valence-corrected chi connectivity index (χ1v) is 8.40. The van der Waals surface area contributed by atoms with Gasteiger partial charge in [0.1, 0.15) is 5.75 Å². The fraction of sp³-hybridized carbons (Fsp3) is 0.316. The van der Waals surface area contributed by atoms with Gasteiger partial charge in [0.25, 0.3) is 11.9 Å². The smallest absolute Gasteiger partial charge is 0.256 e. The number of nitrogens with one attached hydrogen (secondary N) is 1. The van der Waals surface area contributed by atoms with Crippen molar-refractivity contribution in [2.24, 2.45) is 0 Å². The highest BCUT2D eigenvalue weighted by Crippen LogP contribution is 2.52. The lowest BCUT2D eigenvalue weighted by Crippen LogP contribution is -2.54. The zero-order chi connectivity index (χ0) is 18.5. The van der Waals surface area contributed by atoms with Crippen molar-refractivity contribution in [3.8, 4) is 5.75 Å². The summed E-state index contributed by atoms with van der Waals surface area (Å²) in [4.78, 5) is 26.7. The Balaban J connectivity index is 1.93. The number of fused-ring (bicyclic) bond motifs is 2. The van der Waals surface area contributed by atoms with Gasteiger partial charge in [0.15, 0.2) is 5.54 Å². The number of hydrogen-bond acceptors (Lipinski definition) is 5. The molecule has 7 nitrogen and oxygen atoms in total. The monoisotopic (exact) mass is 353 g/mol. The zero-order valence-electron chi connectivity index (χ0n) is 14.5. The number of likely N-dealkylation sites (tertiary alicyclic amines) is 1. The van der Waals surface area contributed by atoms with Crippen LogP contribution in [0.15, 0.2) is 48.5 Å². The molecule has 0 radical (unpaired) electrons. The molecule has 0 unspecified atom stereocenters. The van der Waals surface area contributed by atoms with E-state index in [-0.39, 0.29) is 10.8 Å². The highest BCUT2D eigenvalue weighted by atomic mass is 16.6. The summed E-state index contributed by atoms with van der Waals surface area (Å²) in [6.45, 7) is 0.383. The Morgan fingerprint density at radius 3 is 2.65 bits per heavy atom. The van der Waals surface area contributed by atoms with E-state index in [1.807, 2.05) is 30.3 Å². The molecule has 2 aliphatic heterocycles. The summed E-state index contributed by atoms with van der Waals surface area (Å²) in [7, 11) is 3.32. The van der Waals surface area contributed by atoms with Crippen LogP contribution >= 0.6 is 0 Å². The molecule has 134 valence electrons. The number of benzene rings is 2. The third-order valence-corrected chi connectivity index (χ3v) is 5.58. The molecule has 26 heavy (non-hydrogen) atoms. The van der Waals surface area contributed by atoms with E-state index < -0.39 is 17.5 Å². The van der Waals surface area contributed by atoms with Gasteiger partial charge in [-0.15, -0.1) is 0 Å². The molecule has 1 saturated heterocycles. The SMILES string of the molecule is COc1ccccc1[C@@H]1CN(C)[C@]2(C(=O)Nc3ccccc32)[C@H]1[N+](=O)[O-]. The first-order valence-electron chi connectivity index (χ1n) is 8.40. The Labute approximate surface area is 150 Å². The van der Waals surface area contributed by atoms with Gasteiger partial charge >= 0.3 is 0 Å². The number of methoxy groups -OCH3 is 1.